The first-order valence-electron chi connectivity index (χ1n) is 11.7. The zero-order valence-electron chi connectivity index (χ0n) is 22.7. The molecule has 202 valence electrons. The molecule has 11 nitrogen and oxygen atoms in total. The average Bonchev–Trinajstić information content (AvgIpc) is 3.18. The Morgan fingerprint density at radius 2 is 1.61 bits per heavy atom. The van der Waals surface area contributed by atoms with Crippen molar-refractivity contribution >= 4 is 17.9 Å². The Hall–Kier alpha value is -3.37. The first-order valence-corrected chi connectivity index (χ1v) is 11.7. The van der Waals surface area contributed by atoms with E-state index >= 15 is 0 Å². The van der Waals surface area contributed by atoms with E-state index in [2.05, 4.69) is 10.5 Å². The molecule has 1 aliphatic rings. The number of likely N-dealkylation sites (tertiary alicyclic amines) is 1. The van der Waals surface area contributed by atoms with Crippen LogP contribution in [0.1, 0.15) is 47.1 Å². The number of carbonyl (C=O) groups excluding carboxylic acids is 2. The number of hydrogen-bond acceptors (Lipinski definition) is 9. The van der Waals surface area contributed by atoms with Gasteiger partial charge in [0.2, 0.25) is 5.75 Å². The maximum Gasteiger partial charge on any atom is 0.410 e. The fourth-order valence-corrected chi connectivity index (χ4v) is 3.49. The molecule has 0 aliphatic carbocycles. The van der Waals surface area contributed by atoms with Crippen molar-refractivity contribution in [2.24, 2.45) is 11.1 Å². The van der Waals surface area contributed by atoms with Crippen LogP contribution in [0.3, 0.4) is 0 Å². The normalized spacial score (nSPS) is 17.0. The van der Waals surface area contributed by atoms with E-state index in [1.165, 1.54) is 19.1 Å². The first-order chi connectivity index (χ1) is 16.8. The number of methoxy groups -OCH3 is 3. The maximum atomic E-state index is 12.6. The lowest BCUT2D eigenvalue weighted by Gasteiger charge is -2.24. The van der Waals surface area contributed by atoms with Gasteiger partial charge in [-0.15, -0.1) is 0 Å². The van der Waals surface area contributed by atoms with Crippen molar-refractivity contribution < 1.29 is 38.1 Å². The minimum Gasteiger partial charge on any atom is -0.493 e. The molecule has 1 aromatic carbocycles. The van der Waals surface area contributed by atoms with Crippen LogP contribution >= 0.6 is 0 Å². The number of oxime groups is 1. The number of alkyl carbamates (subject to hydrolysis) is 1. The van der Waals surface area contributed by atoms with Crippen molar-refractivity contribution in [1.82, 2.24) is 10.2 Å². The van der Waals surface area contributed by atoms with Crippen LogP contribution in [0.15, 0.2) is 17.3 Å². The third-order valence-electron chi connectivity index (χ3n) is 5.00. The number of amides is 2. The highest BCUT2D eigenvalue weighted by molar-refractivity contribution is 5.94. The molecule has 1 fully saturated rings. The smallest absolute Gasteiger partial charge is 0.410 e. The van der Waals surface area contributed by atoms with E-state index in [1.807, 2.05) is 0 Å². The van der Waals surface area contributed by atoms with Gasteiger partial charge in [0, 0.05) is 24.6 Å². The Morgan fingerprint density at radius 3 is 2.17 bits per heavy atom. The lowest BCUT2D eigenvalue weighted by molar-refractivity contribution is 0.0292. The second kappa shape index (κ2) is 12.0. The molecule has 1 atom stereocenters. The highest BCUT2D eigenvalue weighted by Crippen LogP contribution is 2.40. The Labute approximate surface area is 213 Å². The molecular formula is C25H39N3O8. The van der Waals surface area contributed by atoms with Crippen molar-refractivity contribution in [3.05, 3.63) is 17.7 Å². The molecule has 11 heteroatoms. The van der Waals surface area contributed by atoms with Crippen molar-refractivity contribution in [3.63, 3.8) is 0 Å². The zero-order chi connectivity index (χ0) is 27.1. The van der Waals surface area contributed by atoms with Crippen LogP contribution in [0.5, 0.6) is 17.2 Å². The number of ether oxygens (including phenoxy) is 5. The number of nitrogens with zero attached hydrogens (tertiary/aromatic N) is 2. The number of carbonyl (C=O) groups is 2. The topological polar surface area (TPSA) is 117 Å². The molecular weight excluding hydrogens is 470 g/mol. The quantitative estimate of drug-likeness (QED) is 0.523. The second-order valence-corrected chi connectivity index (χ2v) is 10.3. The highest BCUT2D eigenvalue weighted by Gasteiger charge is 2.35. The summed E-state index contributed by atoms with van der Waals surface area (Å²) in [4.78, 5) is 32.0. The van der Waals surface area contributed by atoms with Gasteiger partial charge in [0.05, 0.1) is 33.6 Å². The van der Waals surface area contributed by atoms with E-state index in [9.17, 15) is 9.59 Å². The van der Waals surface area contributed by atoms with Crippen LogP contribution in [0.25, 0.3) is 0 Å². The summed E-state index contributed by atoms with van der Waals surface area (Å²) >= 11 is 0. The van der Waals surface area contributed by atoms with Gasteiger partial charge in [-0.3, -0.25) is 0 Å². The van der Waals surface area contributed by atoms with Gasteiger partial charge in [0.15, 0.2) is 11.5 Å². The van der Waals surface area contributed by atoms with Gasteiger partial charge in [-0.05, 0) is 53.7 Å². The van der Waals surface area contributed by atoms with Crippen molar-refractivity contribution in [2.75, 3.05) is 41.0 Å². The van der Waals surface area contributed by atoms with E-state index in [0.29, 0.717) is 35.1 Å². The van der Waals surface area contributed by atoms with Crippen LogP contribution in [0.2, 0.25) is 0 Å². The molecule has 1 aromatic rings. The largest absolute Gasteiger partial charge is 0.493 e. The molecule has 1 aliphatic heterocycles. The fraction of sp³-hybridized carbons (Fsp3) is 0.640. The molecule has 36 heavy (non-hydrogen) atoms. The molecule has 2 amide bonds. The summed E-state index contributed by atoms with van der Waals surface area (Å²) in [5.74, 6) is 1.17. The van der Waals surface area contributed by atoms with Gasteiger partial charge < -0.3 is 38.7 Å². The molecule has 1 unspecified atom stereocenters. The first kappa shape index (κ1) is 28.9. The molecule has 0 bridgehead atoms. The minimum atomic E-state index is -0.637. The third kappa shape index (κ3) is 8.39. The van der Waals surface area contributed by atoms with Crippen LogP contribution in [0.4, 0.5) is 9.59 Å². The van der Waals surface area contributed by atoms with E-state index in [4.69, 9.17) is 28.5 Å². The summed E-state index contributed by atoms with van der Waals surface area (Å²) in [6, 6.07) is 3.55. The van der Waals surface area contributed by atoms with Gasteiger partial charge >= 0.3 is 12.2 Å². The average molecular weight is 510 g/mol. The zero-order valence-corrected chi connectivity index (χ0v) is 22.7. The summed E-state index contributed by atoms with van der Waals surface area (Å²) < 4.78 is 27.0. The molecule has 0 saturated carbocycles. The molecule has 1 N–H and O–H groups in total. The van der Waals surface area contributed by atoms with Crippen molar-refractivity contribution in [2.45, 2.75) is 59.4 Å². The maximum absolute atomic E-state index is 12.6. The predicted octanol–water partition coefficient (Wildman–Crippen LogP) is 3.98. The van der Waals surface area contributed by atoms with Gasteiger partial charge in [-0.1, -0.05) is 5.16 Å². The number of hydrogen-bond donors (Lipinski definition) is 1. The predicted molar refractivity (Wildman–Crippen MR) is 134 cm³/mol. The van der Waals surface area contributed by atoms with Gasteiger partial charge in [-0.25, -0.2) is 9.59 Å². The number of rotatable bonds is 8. The van der Waals surface area contributed by atoms with Crippen LogP contribution in [-0.4, -0.2) is 75.0 Å². The molecule has 0 radical (unpaired) electrons. The summed E-state index contributed by atoms with van der Waals surface area (Å²) in [6.45, 7) is 11.6. The lowest BCUT2D eigenvalue weighted by atomic mass is 10.1. The second-order valence-electron chi connectivity index (χ2n) is 10.3. The Kier molecular flexibility index (Phi) is 9.66. The van der Waals surface area contributed by atoms with Crippen LogP contribution < -0.4 is 19.5 Å². The molecule has 2 rings (SSSR count). The van der Waals surface area contributed by atoms with E-state index in [-0.39, 0.29) is 25.6 Å². The highest BCUT2D eigenvalue weighted by atomic mass is 16.6. The molecule has 0 aromatic heterocycles. The van der Waals surface area contributed by atoms with Crippen molar-refractivity contribution in [1.29, 1.82) is 0 Å². The third-order valence-corrected chi connectivity index (χ3v) is 5.00. The van der Waals surface area contributed by atoms with Crippen LogP contribution in [0, 0.1) is 5.92 Å². The van der Waals surface area contributed by atoms with Gasteiger partial charge in [0.25, 0.3) is 0 Å². The SMILES string of the molecule is COc1ccc(CO/N=C2\CN(C(=O)OC(C)(C)C)CC2CNC(=O)OC(C)(C)C)c(OC)c1OC. The Morgan fingerprint density at radius 1 is 0.972 bits per heavy atom. The standard InChI is InChI=1S/C25H39N3O8/c1-24(2,3)35-22(29)26-12-17-13-28(23(30)36-25(4,5)6)14-18(17)27-34-15-16-10-11-19(31-7)21(33-9)20(16)32-8/h10-11,17H,12-15H2,1-9H3,(H,26,29)/b27-18+. The van der Waals surface area contributed by atoms with E-state index in [0.717, 1.165) is 0 Å². The number of nitrogens with one attached hydrogen (secondary N) is 1. The van der Waals surface area contributed by atoms with Crippen molar-refractivity contribution in [3.8, 4) is 17.2 Å². The molecule has 0 spiro atoms. The van der Waals surface area contributed by atoms with Crippen LogP contribution in [-0.2, 0) is 20.9 Å². The van der Waals surface area contributed by atoms with Gasteiger partial charge in [0.1, 0.15) is 17.8 Å². The Balaban J connectivity index is 2.17. The fourth-order valence-electron chi connectivity index (χ4n) is 3.49. The summed E-state index contributed by atoms with van der Waals surface area (Å²) in [5, 5.41) is 7.05. The number of benzene rings is 1. The molecule has 1 saturated heterocycles. The lowest BCUT2D eigenvalue weighted by Crippen LogP contribution is -2.38. The minimum absolute atomic E-state index is 0.0890. The van der Waals surface area contributed by atoms with E-state index in [1.54, 1.807) is 60.8 Å². The summed E-state index contributed by atoms with van der Waals surface area (Å²) in [6.07, 6.45) is -1.01. The monoisotopic (exact) mass is 509 g/mol. The summed E-state index contributed by atoms with van der Waals surface area (Å²) in [7, 11) is 4.60. The van der Waals surface area contributed by atoms with Gasteiger partial charge in [-0.2, -0.15) is 0 Å². The molecule has 1 heterocycles. The Bertz CT molecular complexity index is 950. The van der Waals surface area contributed by atoms with E-state index < -0.39 is 23.4 Å². The summed E-state index contributed by atoms with van der Waals surface area (Å²) in [5.41, 5.74) is 0.0315.